The molecule has 1 fully saturated rings. The number of benzene rings is 1. The molecule has 2 aromatic heterocycles. The molecule has 1 N–H and O–H groups in total. The third kappa shape index (κ3) is 3.31. The van der Waals surface area contributed by atoms with E-state index < -0.39 is 0 Å². The van der Waals surface area contributed by atoms with Crippen molar-refractivity contribution in [3.8, 4) is 5.75 Å². The SMILES string of the molecule is Cc1ccnc2nc(C(=O)Nc3ccc(OC4CCCC4)cc3)nn12. The Bertz CT molecular complexity index is 897. The predicted molar refractivity (Wildman–Crippen MR) is 92.8 cm³/mol. The largest absolute Gasteiger partial charge is 0.490 e. The van der Waals surface area contributed by atoms with E-state index in [4.69, 9.17) is 4.74 Å². The number of rotatable bonds is 4. The van der Waals surface area contributed by atoms with Crippen LogP contribution >= 0.6 is 0 Å². The molecule has 3 aromatic rings. The number of aromatic nitrogens is 4. The minimum Gasteiger partial charge on any atom is -0.490 e. The fourth-order valence-electron chi connectivity index (χ4n) is 3.01. The van der Waals surface area contributed by atoms with E-state index in [1.54, 1.807) is 10.7 Å². The Hall–Kier alpha value is -2.96. The van der Waals surface area contributed by atoms with Gasteiger partial charge in [-0.15, -0.1) is 5.10 Å². The maximum absolute atomic E-state index is 12.4. The van der Waals surface area contributed by atoms with Crippen LogP contribution in [0.1, 0.15) is 42.0 Å². The van der Waals surface area contributed by atoms with E-state index in [2.05, 4.69) is 20.4 Å². The minimum atomic E-state index is -0.366. The van der Waals surface area contributed by atoms with E-state index in [-0.39, 0.29) is 11.7 Å². The molecule has 1 amide bonds. The van der Waals surface area contributed by atoms with Crippen LogP contribution in [0.15, 0.2) is 36.5 Å². The third-order valence-corrected chi connectivity index (χ3v) is 4.35. The number of hydrogen-bond acceptors (Lipinski definition) is 5. The number of hydrogen-bond donors (Lipinski definition) is 1. The number of carbonyl (C=O) groups is 1. The molecule has 0 spiro atoms. The van der Waals surface area contributed by atoms with Crippen molar-refractivity contribution >= 4 is 17.4 Å². The van der Waals surface area contributed by atoms with Crippen molar-refractivity contribution in [3.63, 3.8) is 0 Å². The standard InChI is InChI=1S/C18H19N5O2/c1-12-10-11-19-18-21-16(22-23(12)18)17(24)20-13-6-8-15(9-7-13)25-14-4-2-3-5-14/h6-11,14H,2-5H2,1H3,(H,20,24). The quantitative estimate of drug-likeness (QED) is 0.791. The molecular weight excluding hydrogens is 318 g/mol. The topological polar surface area (TPSA) is 81.4 Å². The van der Waals surface area contributed by atoms with Gasteiger partial charge >= 0.3 is 0 Å². The smallest absolute Gasteiger partial charge is 0.295 e. The van der Waals surface area contributed by atoms with Crippen molar-refractivity contribution in [2.75, 3.05) is 5.32 Å². The maximum atomic E-state index is 12.4. The van der Waals surface area contributed by atoms with Crippen molar-refractivity contribution in [1.29, 1.82) is 0 Å². The summed E-state index contributed by atoms with van der Waals surface area (Å²) in [5, 5.41) is 7.00. The van der Waals surface area contributed by atoms with Crippen LogP contribution in [0.5, 0.6) is 5.75 Å². The highest BCUT2D eigenvalue weighted by Gasteiger charge is 2.17. The first-order valence-electron chi connectivity index (χ1n) is 8.45. The fourth-order valence-corrected chi connectivity index (χ4v) is 3.01. The van der Waals surface area contributed by atoms with Gasteiger partial charge in [0.25, 0.3) is 11.7 Å². The number of fused-ring (bicyclic) bond motifs is 1. The molecular formula is C18H19N5O2. The first-order valence-corrected chi connectivity index (χ1v) is 8.45. The number of carbonyl (C=O) groups excluding carboxylic acids is 1. The number of ether oxygens (including phenoxy) is 1. The zero-order chi connectivity index (χ0) is 17.2. The number of nitrogens with one attached hydrogen (secondary N) is 1. The Labute approximate surface area is 145 Å². The molecule has 0 radical (unpaired) electrons. The van der Waals surface area contributed by atoms with E-state index in [0.29, 0.717) is 17.6 Å². The zero-order valence-electron chi connectivity index (χ0n) is 14.0. The molecule has 0 saturated heterocycles. The van der Waals surface area contributed by atoms with Crippen molar-refractivity contribution in [2.45, 2.75) is 38.7 Å². The monoisotopic (exact) mass is 337 g/mol. The van der Waals surface area contributed by atoms with Gasteiger partial charge in [0.1, 0.15) is 5.75 Å². The van der Waals surface area contributed by atoms with Crippen LogP contribution in [0.2, 0.25) is 0 Å². The number of anilines is 1. The van der Waals surface area contributed by atoms with Crippen LogP contribution in [0, 0.1) is 6.92 Å². The summed E-state index contributed by atoms with van der Waals surface area (Å²) >= 11 is 0. The number of amides is 1. The summed E-state index contributed by atoms with van der Waals surface area (Å²) in [5.74, 6) is 0.962. The second-order valence-corrected chi connectivity index (χ2v) is 6.24. The molecule has 1 aliphatic rings. The lowest BCUT2D eigenvalue weighted by atomic mass is 10.2. The van der Waals surface area contributed by atoms with E-state index >= 15 is 0 Å². The highest BCUT2D eigenvalue weighted by Crippen LogP contribution is 2.25. The van der Waals surface area contributed by atoms with Crippen molar-refractivity contribution in [1.82, 2.24) is 19.6 Å². The second-order valence-electron chi connectivity index (χ2n) is 6.24. The zero-order valence-corrected chi connectivity index (χ0v) is 14.0. The van der Waals surface area contributed by atoms with Gasteiger partial charge in [-0.25, -0.2) is 9.50 Å². The normalized spacial score (nSPS) is 14.8. The Morgan fingerprint density at radius 2 is 1.96 bits per heavy atom. The van der Waals surface area contributed by atoms with Crippen LogP contribution in [0.25, 0.3) is 5.78 Å². The molecule has 4 rings (SSSR count). The van der Waals surface area contributed by atoms with Gasteiger partial charge in [-0.3, -0.25) is 4.79 Å². The molecule has 1 aromatic carbocycles. The lowest BCUT2D eigenvalue weighted by Crippen LogP contribution is -2.14. The molecule has 1 saturated carbocycles. The average molecular weight is 337 g/mol. The molecule has 128 valence electrons. The number of aryl methyl sites for hydroxylation is 1. The summed E-state index contributed by atoms with van der Waals surface area (Å²) in [5.41, 5.74) is 1.54. The molecule has 0 atom stereocenters. The predicted octanol–water partition coefficient (Wildman–Crippen LogP) is 3.01. The molecule has 0 bridgehead atoms. The molecule has 25 heavy (non-hydrogen) atoms. The third-order valence-electron chi connectivity index (χ3n) is 4.35. The number of nitrogens with zero attached hydrogens (tertiary/aromatic N) is 4. The van der Waals surface area contributed by atoms with Crippen molar-refractivity contribution in [2.24, 2.45) is 0 Å². The van der Waals surface area contributed by atoms with Gasteiger partial charge < -0.3 is 10.1 Å². The molecule has 1 aliphatic carbocycles. The fraction of sp³-hybridized carbons (Fsp3) is 0.333. The summed E-state index contributed by atoms with van der Waals surface area (Å²) in [6.45, 7) is 1.88. The highest BCUT2D eigenvalue weighted by atomic mass is 16.5. The molecule has 2 heterocycles. The van der Waals surface area contributed by atoms with E-state index in [0.717, 1.165) is 24.3 Å². The van der Waals surface area contributed by atoms with Crippen LogP contribution in [-0.4, -0.2) is 31.6 Å². The Morgan fingerprint density at radius 3 is 2.68 bits per heavy atom. The minimum absolute atomic E-state index is 0.0908. The van der Waals surface area contributed by atoms with Crippen LogP contribution in [0.4, 0.5) is 5.69 Å². The maximum Gasteiger partial charge on any atom is 0.295 e. The van der Waals surface area contributed by atoms with Gasteiger partial charge in [-0.1, -0.05) is 0 Å². The molecule has 0 aliphatic heterocycles. The summed E-state index contributed by atoms with van der Waals surface area (Å²) in [7, 11) is 0. The van der Waals surface area contributed by atoms with Gasteiger partial charge in [0, 0.05) is 17.6 Å². The molecule has 7 nitrogen and oxygen atoms in total. The van der Waals surface area contributed by atoms with Crippen molar-refractivity contribution < 1.29 is 9.53 Å². The van der Waals surface area contributed by atoms with Crippen LogP contribution in [0.3, 0.4) is 0 Å². The first-order chi connectivity index (χ1) is 12.2. The second kappa shape index (κ2) is 6.51. The summed E-state index contributed by atoms with van der Waals surface area (Å²) in [6, 6.07) is 9.20. The Balaban J connectivity index is 1.45. The first kappa shape index (κ1) is 15.6. The van der Waals surface area contributed by atoms with E-state index in [9.17, 15) is 4.79 Å². The van der Waals surface area contributed by atoms with Gasteiger partial charge in [0.05, 0.1) is 6.10 Å². The van der Waals surface area contributed by atoms with Crippen LogP contribution in [-0.2, 0) is 0 Å². The Morgan fingerprint density at radius 1 is 1.20 bits per heavy atom. The van der Waals surface area contributed by atoms with Gasteiger partial charge in [-0.2, -0.15) is 4.98 Å². The lowest BCUT2D eigenvalue weighted by Gasteiger charge is -2.13. The molecule has 0 unspecified atom stereocenters. The van der Waals surface area contributed by atoms with Gasteiger partial charge in [0.15, 0.2) is 0 Å². The van der Waals surface area contributed by atoms with Gasteiger partial charge in [0.2, 0.25) is 5.82 Å². The summed E-state index contributed by atoms with van der Waals surface area (Å²) in [6.07, 6.45) is 6.66. The van der Waals surface area contributed by atoms with Crippen molar-refractivity contribution in [3.05, 3.63) is 48.0 Å². The van der Waals surface area contributed by atoms with Gasteiger partial charge in [-0.05, 0) is 62.9 Å². The highest BCUT2D eigenvalue weighted by molar-refractivity contribution is 6.01. The van der Waals surface area contributed by atoms with E-state index in [1.807, 2.05) is 37.3 Å². The average Bonchev–Trinajstić information content (AvgIpc) is 3.27. The van der Waals surface area contributed by atoms with Crippen LogP contribution < -0.4 is 10.1 Å². The van der Waals surface area contributed by atoms with E-state index in [1.165, 1.54) is 12.8 Å². The summed E-state index contributed by atoms with van der Waals surface area (Å²) < 4.78 is 7.47. The summed E-state index contributed by atoms with van der Waals surface area (Å²) in [4.78, 5) is 20.6. The lowest BCUT2D eigenvalue weighted by molar-refractivity contribution is 0.101. The Kier molecular flexibility index (Phi) is 4.05. The molecule has 7 heteroatoms.